The van der Waals surface area contributed by atoms with Gasteiger partial charge in [-0.05, 0) is 25.0 Å². The zero-order chi connectivity index (χ0) is 13.9. The van der Waals surface area contributed by atoms with E-state index in [9.17, 15) is 4.79 Å². The number of amides is 1. The van der Waals surface area contributed by atoms with E-state index in [-0.39, 0.29) is 5.91 Å². The summed E-state index contributed by atoms with van der Waals surface area (Å²) in [5.74, 6) is -0.0601. The molecule has 1 aliphatic rings. The van der Waals surface area contributed by atoms with Gasteiger partial charge in [0.15, 0.2) is 0 Å². The van der Waals surface area contributed by atoms with Crippen LogP contribution in [0.2, 0.25) is 0 Å². The minimum Gasteiger partial charge on any atom is -0.397 e. The highest BCUT2D eigenvalue weighted by Gasteiger charge is 2.25. The molecule has 0 bridgehead atoms. The largest absolute Gasteiger partial charge is 0.397 e. The number of nitrogens with zero attached hydrogens (tertiary/aromatic N) is 2. The van der Waals surface area contributed by atoms with E-state index in [1.807, 2.05) is 23.0 Å². The molecule has 0 unspecified atom stereocenters. The van der Waals surface area contributed by atoms with Gasteiger partial charge in [0, 0.05) is 25.0 Å². The fraction of sp³-hybridized carbons (Fsp3) is 0.385. The van der Waals surface area contributed by atoms with Gasteiger partial charge in [0.05, 0.1) is 17.2 Å². The van der Waals surface area contributed by atoms with Crippen molar-refractivity contribution in [2.45, 2.75) is 25.4 Å². The van der Waals surface area contributed by atoms with Crippen LogP contribution in [0.25, 0.3) is 0 Å². The van der Waals surface area contributed by atoms with Crippen molar-refractivity contribution in [3.05, 3.63) is 29.4 Å². The number of hydrogen-bond donors (Lipinski definition) is 3. The van der Waals surface area contributed by atoms with Gasteiger partial charge in [-0.15, -0.1) is 11.3 Å². The molecular weight excluding hydrogens is 274 g/mol. The summed E-state index contributed by atoms with van der Waals surface area (Å²) in [7, 11) is 0. The predicted molar refractivity (Wildman–Crippen MR) is 79.9 cm³/mol. The van der Waals surface area contributed by atoms with Gasteiger partial charge in [-0.1, -0.05) is 0 Å². The Morgan fingerprint density at radius 2 is 2.40 bits per heavy atom. The second-order valence-corrected chi connectivity index (χ2v) is 5.89. The van der Waals surface area contributed by atoms with Crippen molar-refractivity contribution >= 4 is 27.9 Å². The molecule has 7 heteroatoms. The fourth-order valence-corrected chi connectivity index (χ4v) is 2.78. The third kappa shape index (κ3) is 3.11. The summed E-state index contributed by atoms with van der Waals surface area (Å²) in [6.45, 7) is 1.51. The van der Waals surface area contributed by atoms with Crippen molar-refractivity contribution in [3.63, 3.8) is 0 Å². The van der Waals surface area contributed by atoms with Crippen molar-refractivity contribution in [1.29, 1.82) is 0 Å². The molecule has 4 N–H and O–H groups in total. The van der Waals surface area contributed by atoms with Crippen molar-refractivity contribution < 1.29 is 4.79 Å². The number of nitrogen functional groups attached to an aromatic ring is 1. The van der Waals surface area contributed by atoms with Crippen LogP contribution in [-0.2, 0) is 6.54 Å². The number of thiophene rings is 1. The number of nitrogens with one attached hydrogen (secondary N) is 2. The van der Waals surface area contributed by atoms with Crippen molar-refractivity contribution in [1.82, 2.24) is 15.1 Å². The van der Waals surface area contributed by atoms with Crippen LogP contribution in [0.3, 0.4) is 0 Å². The first-order valence-electron chi connectivity index (χ1n) is 6.64. The van der Waals surface area contributed by atoms with Gasteiger partial charge < -0.3 is 16.4 Å². The number of carbonyl (C=O) groups is 1. The van der Waals surface area contributed by atoms with E-state index >= 15 is 0 Å². The van der Waals surface area contributed by atoms with Gasteiger partial charge in [0.1, 0.15) is 4.88 Å². The maximum atomic E-state index is 12.0. The Balaban J connectivity index is 1.55. The zero-order valence-corrected chi connectivity index (χ0v) is 11.8. The van der Waals surface area contributed by atoms with Gasteiger partial charge in [-0.3, -0.25) is 9.48 Å². The van der Waals surface area contributed by atoms with E-state index in [1.54, 1.807) is 6.20 Å². The Kier molecular flexibility index (Phi) is 3.60. The van der Waals surface area contributed by atoms with Crippen molar-refractivity contribution in [3.8, 4) is 0 Å². The average Bonchev–Trinajstić information content (AvgIpc) is 2.94. The van der Waals surface area contributed by atoms with E-state index in [0.29, 0.717) is 16.6 Å². The van der Waals surface area contributed by atoms with Crippen LogP contribution in [0.15, 0.2) is 24.5 Å². The molecule has 2 heterocycles. The summed E-state index contributed by atoms with van der Waals surface area (Å²) in [6, 6.07) is 4.05. The summed E-state index contributed by atoms with van der Waals surface area (Å²) >= 11 is 1.40. The van der Waals surface area contributed by atoms with Crippen molar-refractivity contribution in [2.24, 2.45) is 0 Å². The van der Waals surface area contributed by atoms with E-state index in [4.69, 9.17) is 5.73 Å². The average molecular weight is 291 g/mol. The summed E-state index contributed by atoms with van der Waals surface area (Å²) in [5.41, 5.74) is 6.43. The maximum absolute atomic E-state index is 12.0. The molecule has 20 heavy (non-hydrogen) atoms. The number of aromatic nitrogens is 2. The van der Waals surface area contributed by atoms with E-state index in [2.05, 4.69) is 15.7 Å². The molecule has 0 radical (unpaired) electrons. The first-order valence-corrected chi connectivity index (χ1v) is 7.45. The number of anilines is 2. The molecule has 1 amide bonds. The van der Waals surface area contributed by atoms with Crippen LogP contribution < -0.4 is 16.4 Å². The minimum atomic E-state index is -0.0601. The number of carbonyl (C=O) groups excluding carboxylic acids is 1. The quantitative estimate of drug-likeness (QED) is 0.753. The van der Waals surface area contributed by atoms with E-state index in [0.717, 1.165) is 30.9 Å². The summed E-state index contributed by atoms with van der Waals surface area (Å²) in [4.78, 5) is 12.6. The Morgan fingerprint density at radius 3 is 3.10 bits per heavy atom. The number of hydrogen-bond acceptors (Lipinski definition) is 5. The lowest BCUT2D eigenvalue weighted by Crippen LogP contribution is -2.25. The molecule has 1 aliphatic carbocycles. The van der Waals surface area contributed by atoms with Gasteiger partial charge in [0.2, 0.25) is 0 Å². The Labute approximate surface area is 121 Å². The van der Waals surface area contributed by atoms with Crippen LogP contribution >= 0.6 is 11.3 Å². The molecule has 2 aromatic rings. The highest BCUT2D eigenvalue weighted by atomic mass is 32.1. The summed E-state index contributed by atoms with van der Waals surface area (Å²) < 4.78 is 1.85. The molecular formula is C13H17N5OS. The highest BCUT2D eigenvalue weighted by Crippen LogP contribution is 2.30. The molecule has 0 saturated heterocycles. The van der Waals surface area contributed by atoms with Crippen LogP contribution in [-0.4, -0.2) is 28.3 Å². The molecule has 0 atom stereocenters. The summed E-state index contributed by atoms with van der Waals surface area (Å²) in [5, 5.41) is 11.3. The van der Waals surface area contributed by atoms with Crippen molar-refractivity contribution in [2.75, 3.05) is 17.6 Å². The topological polar surface area (TPSA) is 85.0 Å². The van der Waals surface area contributed by atoms with E-state index < -0.39 is 0 Å². The second kappa shape index (κ2) is 5.54. The van der Waals surface area contributed by atoms with Gasteiger partial charge in [0.25, 0.3) is 5.91 Å². The highest BCUT2D eigenvalue weighted by molar-refractivity contribution is 7.18. The number of rotatable bonds is 6. The predicted octanol–water partition coefficient (Wildman–Crippen LogP) is 1.53. The van der Waals surface area contributed by atoms with Gasteiger partial charge in [-0.25, -0.2) is 0 Å². The molecule has 6 nitrogen and oxygen atoms in total. The van der Waals surface area contributed by atoms with E-state index in [1.165, 1.54) is 11.3 Å². The molecule has 2 aromatic heterocycles. The first-order chi connectivity index (χ1) is 9.72. The fourth-order valence-electron chi connectivity index (χ4n) is 1.87. The third-order valence-corrected chi connectivity index (χ3v) is 4.19. The Hall–Kier alpha value is -2.02. The molecule has 0 aliphatic heterocycles. The molecule has 106 valence electrons. The SMILES string of the molecule is Nc1cc(NCCn2cccn2)sc1C(=O)NC1CC1. The Bertz CT molecular complexity index is 588. The normalized spacial score (nSPS) is 14.2. The monoisotopic (exact) mass is 291 g/mol. The lowest BCUT2D eigenvalue weighted by atomic mass is 10.3. The standard InChI is InChI=1S/C13H17N5OS/c14-10-8-11(15-5-7-18-6-1-4-16-18)20-12(10)13(19)17-9-2-3-9/h1,4,6,8-9,15H,2-3,5,7,14H2,(H,17,19). The van der Waals surface area contributed by atoms with Crippen LogP contribution in [0, 0.1) is 0 Å². The number of nitrogens with two attached hydrogens (primary N) is 1. The lowest BCUT2D eigenvalue weighted by Gasteiger charge is -2.03. The van der Waals surface area contributed by atoms with Gasteiger partial charge in [-0.2, -0.15) is 5.10 Å². The van der Waals surface area contributed by atoms with Crippen LogP contribution in [0.5, 0.6) is 0 Å². The van der Waals surface area contributed by atoms with Crippen LogP contribution in [0.1, 0.15) is 22.5 Å². The first kappa shape index (κ1) is 13.0. The molecule has 0 aromatic carbocycles. The summed E-state index contributed by atoms with van der Waals surface area (Å²) in [6.07, 6.45) is 5.82. The smallest absolute Gasteiger partial charge is 0.263 e. The second-order valence-electron chi connectivity index (χ2n) is 4.84. The Morgan fingerprint density at radius 1 is 1.55 bits per heavy atom. The lowest BCUT2D eigenvalue weighted by molar-refractivity contribution is 0.0956. The zero-order valence-electron chi connectivity index (χ0n) is 11.0. The molecule has 0 spiro atoms. The third-order valence-electron chi connectivity index (χ3n) is 3.08. The van der Waals surface area contributed by atoms with Crippen LogP contribution in [0.4, 0.5) is 10.7 Å². The molecule has 1 fully saturated rings. The molecule has 1 saturated carbocycles. The van der Waals surface area contributed by atoms with Gasteiger partial charge >= 0.3 is 0 Å². The minimum absolute atomic E-state index is 0.0601. The maximum Gasteiger partial charge on any atom is 0.263 e. The molecule has 3 rings (SSSR count).